The summed E-state index contributed by atoms with van der Waals surface area (Å²) in [6, 6.07) is 5.28. The summed E-state index contributed by atoms with van der Waals surface area (Å²) in [7, 11) is 1.52. The smallest absolute Gasteiger partial charge is 0.322 e. The van der Waals surface area contributed by atoms with Gasteiger partial charge in [0.15, 0.2) is 5.69 Å². The lowest BCUT2D eigenvalue weighted by molar-refractivity contribution is 0.0958. The molecule has 3 N–H and O–H groups in total. The fraction of sp³-hybridized carbons (Fsp3) is 0.421. The molecule has 0 bridgehead atoms. The normalized spacial score (nSPS) is 14.1. The minimum atomic E-state index is -0.358. The molecule has 1 aliphatic rings. The van der Waals surface area contributed by atoms with E-state index in [2.05, 4.69) is 41.8 Å². The number of urea groups is 1. The van der Waals surface area contributed by atoms with Crippen LogP contribution in [0.25, 0.3) is 0 Å². The predicted molar refractivity (Wildman–Crippen MR) is 109 cm³/mol. The van der Waals surface area contributed by atoms with E-state index in [1.54, 1.807) is 18.3 Å². The van der Waals surface area contributed by atoms with Crippen molar-refractivity contribution in [1.29, 1.82) is 5.26 Å². The lowest BCUT2D eigenvalue weighted by Gasteiger charge is -2.35. The summed E-state index contributed by atoms with van der Waals surface area (Å²) in [5.41, 5.74) is 1.18. The maximum atomic E-state index is 11.7. The zero-order chi connectivity index (χ0) is 21.5. The molecule has 0 spiro atoms. The molecule has 0 unspecified atom stereocenters. The van der Waals surface area contributed by atoms with Gasteiger partial charge in [0.05, 0.1) is 18.4 Å². The van der Waals surface area contributed by atoms with Crippen molar-refractivity contribution in [3.63, 3.8) is 0 Å². The number of nitrogens with one attached hydrogen (secondary N) is 3. The van der Waals surface area contributed by atoms with Crippen LogP contribution in [0.1, 0.15) is 28.9 Å². The van der Waals surface area contributed by atoms with Crippen molar-refractivity contribution < 1.29 is 14.0 Å². The Morgan fingerprint density at radius 2 is 2.03 bits per heavy atom. The van der Waals surface area contributed by atoms with Crippen LogP contribution in [0.15, 0.2) is 22.7 Å². The van der Waals surface area contributed by atoms with E-state index in [9.17, 15) is 14.9 Å². The van der Waals surface area contributed by atoms with Crippen LogP contribution in [-0.2, 0) is 6.54 Å². The van der Waals surface area contributed by atoms with Gasteiger partial charge >= 0.3 is 12.0 Å². The van der Waals surface area contributed by atoms with E-state index >= 15 is 0 Å². The first-order valence-corrected chi connectivity index (χ1v) is 9.64. The zero-order valence-electron chi connectivity index (χ0n) is 16.9. The van der Waals surface area contributed by atoms with E-state index in [4.69, 9.17) is 4.42 Å². The molecule has 1 fully saturated rings. The van der Waals surface area contributed by atoms with Gasteiger partial charge in [0, 0.05) is 39.8 Å². The largest absolute Gasteiger partial charge is 0.427 e. The Morgan fingerprint density at radius 1 is 1.27 bits per heavy atom. The maximum absolute atomic E-state index is 11.7. The number of carbonyl (C=O) groups excluding carboxylic acids is 2. The van der Waals surface area contributed by atoms with Crippen LogP contribution < -0.4 is 20.9 Å². The number of amides is 3. The van der Waals surface area contributed by atoms with Gasteiger partial charge < -0.3 is 20.0 Å². The molecule has 3 amide bonds. The Bertz CT molecular complexity index is 943. The van der Waals surface area contributed by atoms with Crippen molar-refractivity contribution in [2.45, 2.75) is 13.5 Å². The van der Waals surface area contributed by atoms with E-state index in [1.165, 1.54) is 7.05 Å². The Balaban J connectivity index is 1.57. The molecule has 1 aliphatic heterocycles. The van der Waals surface area contributed by atoms with E-state index in [0.29, 0.717) is 31.9 Å². The number of hydrogen-bond donors (Lipinski definition) is 3. The highest BCUT2D eigenvalue weighted by molar-refractivity contribution is 5.92. The Labute approximate surface area is 174 Å². The van der Waals surface area contributed by atoms with Gasteiger partial charge in [-0.15, -0.1) is 0 Å². The summed E-state index contributed by atoms with van der Waals surface area (Å²) in [4.78, 5) is 35.8. The van der Waals surface area contributed by atoms with Crippen LogP contribution in [-0.4, -0.2) is 66.6 Å². The fourth-order valence-corrected chi connectivity index (χ4v) is 3.15. The summed E-state index contributed by atoms with van der Waals surface area (Å²) in [5.74, 6) is 0.334. The molecule has 3 heterocycles. The number of nitrogens with zero attached hydrogens (tertiary/aromatic N) is 5. The average molecular weight is 412 g/mol. The maximum Gasteiger partial charge on any atom is 0.322 e. The minimum Gasteiger partial charge on any atom is -0.427 e. The molecule has 0 aliphatic carbocycles. The number of aromatic nitrogens is 2. The Kier molecular flexibility index (Phi) is 6.82. The number of carbonyl (C=O) groups is 2. The van der Waals surface area contributed by atoms with Crippen LogP contribution >= 0.6 is 0 Å². The standard InChI is InChI=1S/C19H24N8O3/c1-3-22-18(29)25-19-23-11-13(30-19)12-26-6-8-27(9-7-26)16-5-4-14(17(28)21-2)24-15(16)10-20/h4-5,11H,3,6-9,12H2,1-2H3,(H,21,28)(H2,22,23,25,29). The highest BCUT2D eigenvalue weighted by Crippen LogP contribution is 2.21. The van der Waals surface area contributed by atoms with E-state index in [0.717, 1.165) is 18.8 Å². The molecular formula is C19H24N8O3. The fourth-order valence-electron chi connectivity index (χ4n) is 3.15. The SMILES string of the molecule is CCNC(=O)Nc1ncc(CN2CCN(c3ccc(C(=O)NC)nc3C#N)CC2)o1. The number of oxazole rings is 1. The molecule has 0 saturated carbocycles. The van der Waals surface area contributed by atoms with Crippen molar-refractivity contribution in [2.75, 3.05) is 50.0 Å². The lowest BCUT2D eigenvalue weighted by Crippen LogP contribution is -2.46. The topological polar surface area (TPSA) is 139 Å². The van der Waals surface area contributed by atoms with E-state index < -0.39 is 0 Å². The van der Waals surface area contributed by atoms with Gasteiger partial charge in [0.1, 0.15) is 17.5 Å². The molecule has 11 heteroatoms. The molecule has 0 atom stereocenters. The minimum absolute atomic E-state index is 0.163. The van der Waals surface area contributed by atoms with Crippen molar-refractivity contribution >= 4 is 23.6 Å². The van der Waals surface area contributed by atoms with Gasteiger partial charge in [-0.1, -0.05) is 0 Å². The average Bonchev–Trinajstić information content (AvgIpc) is 3.20. The quantitative estimate of drug-likeness (QED) is 0.632. The number of nitriles is 1. The van der Waals surface area contributed by atoms with Crippen LogP contribution in [0.5, 0.6) is 0 Å². The Hall–Kier alpha value is -3.65. The van der Waals surface area contributed by atoms with Gasteiger partial charge in [0.2, 0.25) is 0 Å². The van der Waals surface area contributed by atoms with Crippen molar-refractivity contribution in [1.82, 2.24) is 25.5 Å². The van der Waals surface area contributed by atoms with Gasteiger partial charge in [-0.3, -0.25) is 15.0 Å². The summed E-state index contributed by atoms with van der Waals surface area (Å²) >= 11 is 0. The Morgan fingerprint density at radius 3 is 2.70 bits per heavy atom. The monoisotopic (exact) mass is 412 g/mol. The summed E-state index contributed by atoms with van der Waals surface area (Å²) < 4.78 is 5.57. The van der Waals surface area contributed by atoms with Crippen LogP contribution in [0, 0.1) is 11.3 Å². The van der Waals surface area contributed by atoms with Crippen LogP contribution in [0.4, 0.5) is 16.5 Å². The first-order chi connectivity index (χ1) is 14.5. The third kappa shape index (κ3) is 5.03. The number of anilines is 2. The second-order valence-electron chi connectivity index (χ2n) is 6.63. The number of rotatable bonds is 6. The van der Waals surface area contributed by atoms with Gasteiger partial charge in [-0.05, 0) is 19.1 Å². The molecule has 2 aromatic rings. The third-order valence-electron chi connectivity index (χ3n) is 4.64. The lowest BCUT2D eigenvalue weighted by atomic mass is 10.2. The summed E-state index contributed by atoms with van der Waals surface area (Å²) in [6.07, 6.45) is 1.60. The number of hydrogen-bond acceptors (Lipinski definition) is 8. The molecule has 0 radical (unpaired) electrons. The molecular weight excluding hydrogens is 388 g/mol. The van der Waals surface area contributed by atoms with Gasteiger partial charge in [-0.25, -0.2) is 14.8 Å². The molecule has 2 aromatic heterocycles. The first kappa shape index (κ1) is 21.1. The highest BCUT2D eigenvalue weighted by atomic mass is 16.4. The highest BCUT2D eigenvalue weighted by Gasteiger charge is 2.22. The van der Waals surface area contributed by atoms with E-state index in [-0.39, 0.29) is 29.3 Å². The van der Waals surface area contributed by atoms with Crippen molar-refractivity contribution in [3.05, 3.63) is 35.5 Å². The molecule has 11 nitrogen and oxygen atoms in total. The molecule has 3 rings (SSSR count). The zero-order valence-corrected chi connectivity index (χ0v) is 16.9. The molecule has 30 heavy (non-hydrogen) atoms. The van der Waals surface area contributed by atoms with Crippen molar-refractivity contribution in [2.24, 2.45) is 0 Å². The second kappa shape index (κ2) is 9.71. The summed E-state index contributed by atoms with van der Waals surface area (Å²) in [6.45, 7) is 5.82. The third-order valence-corrected chi connectivity index (χ3v) is 4.64. The van der Waals surface area contributed by atoms with E-state index in [1.807, 2.05) is 6.92 Å². The summed E-state index contributed by atoms with van der Waals surface area (Å²) in [5, 5.41) is 17.1. The van der Waals surface area contributed by atoms with Crippen molar-refractivity contribution in [3.8, 4) is 6.07 Å². The predicted octanol–water partition coefficient (Wildman–Crippen LogP) is 0.764. The molecule has 0 aromatic carbocycles. The molecule has 1 saturated heterocycles. The van der Waals surface area contributed by atoms with Crippen LogP contribution in [0.3, 0.4) is 0 Å². The second-order valence-corrected chi connectivity index (χ2v) is 6.63. The van der Waals surface area contributed by atoms with Gasteiger partial charge in [-0.2, -0.15) is 5.26 Å². The van der Waals surface area contributed by atoms with Gasteiger partial charge in [0.25, 0.3) is 5.91 Å². The van der Waals surface area contributed by atoms with Crippen LogP contribution in [0.2, 0.25) is 0 Å². The molecule has 158 valence electrons. The first-order valence-electron chi connectivity index (χ1n) is 9.64. The number of pyridine rings is 1. The number of piperazine rings is 1.